The number of hydrogen-bond acceptors (Lipinski definition) is 6. The molecule has 0 fully saturated rings. The van der Waals surface area contributed by atoms with Gasteiger partial charge in [-0.25, -0.2) is 9.48 Å². The van der Waals surface area contributed by atoms with Crippen LogP contribution in [0.5, 0.6) is 0 Å². The lowest BCUT2D eigenvalue weighted by Crippen LogP contribution is -2.39. The Balaban J connectivity index is 1.37. The molecule has 0 radical (unpaired) electrons. The number of benzene rings is 2. The fourth-order valence-corrected chi connectivity index (χ4v) is 3.50. The van der Waals surface area contributed by atoms with Crippen LogP contribution in [0, 0.1) is 0 Å². The number of carbonyl (C=O) groups is 2. The molecule has 1 N–H and O–H groups in total. The van der Waals surface area contributed by atoms with Gasteiger partial charge in [-0.05, 0) is 72.0 Å². The lowest BCUT2D eigenvalue weighted by molar-refractivity contribution is -0.130. The van der Waals surface area contributed by atoms with E-state index in [9.17, 15) is 9.59 Å². The lowest BCUT2D eigenvalue weighted by Gasteiger charge is -2.27. The van der Waals surface area contributed by atoms with Crippen LogP contribution in [0.15, 0.2) is 54.9 Å². The number of rotatable bonds is 5. The maximum atomic E-state index is 12.6. The molecular formula is C21H21N5O3. The summed E-state index contributed by atoms with van der Waals surface area (Å²) in [7, 11) is 0. The second-order valence-electron chi connectivity index (χ2n) is 7.00. The molecule has 1 aromatic heterocycles. The van der Waals surface area contributed by atoms with Gasteiger partial charge in [0.2, 0.25) is 0 Å². The average Bonchev–Trinajstić information content (AvgIpc) is 3.29. The molecule has 0 saturated carbocycles. The first-order valence-electron chi connectivity index (χ1n) is 9.54. The van der Waals surface area contributed by atoms with E-state index in [0.29, 0.717) is 11.3 Å². The fraction of sp³-hybridized carbons (Fsp3) is 0.286. The molecule has 148 valence electrons. The highest BCUT2D eigenvalue weighted by Crippen LogP contribution is 2.29. The molecule has 2 aromatic carbocycles. The van der Waals surface area contributed by atoms with Crippen LogP contribution in [0.2, 0.25) is 0 Å². The van der Waals surface area contributed by atoms with Gasteiger partial charge in [0.25, 0.3) is 5.91 Å². The van der Waals surface area contributed by atoms with Crippen molar-refractivity contribution in [2.24, 2.45) is 0 Å². The van der Waals surface area contributed by atoms with E-state index in [0.717, 1.165) is 24.8 Å². The molecule has 0 bridgehead atoms. The van der Waals surface area contributed by atoms with Crippen LogP contribution in [-0.4, -0.2) is 38.2 Å². The van der Waals surface area contributed by atoms with Crippen LogP contribution in [0.1, 0.15) is 47.3 Å². The van der Waals surface area contributed by atoms with Crippen molar-refractivity contribution in [3.63, 3.8) is 0 Å². The Kier molecular flexibility index (Phi) is 5.33. The number of carbonyl (C=O) groups excluding carboxylic acids is 2. The van der Waals surface area contributed by atoms with Crippen LogP contribution in [-0.2, 0) is 16.0 Å². The standard InChI is InChI=1S/C21H21N5O3/c1-14(20(27)23-19-8-4-6-15-5-2-3-7-18(15)19)29-21(28)16-9-11-17(12-10-16)26-13-22-24-25-26/h2-3,5,7,9-14,19H,4,6,8H2,1H3,(H,23,27)/t14-,19-/m0/s1. The third-order valence-corrected chi connectivity index (χ3v) is 5.06. The van der Waals surface area contributed by atoms with Gasteiger partial charge >= 0.3 is 5.97 Å². The lowest BCUT2D eigenvalue weighted by atomic mass is 9.87. The highest BCUT2D eigenvalue weighted by Gasteiger charge is 2.25. The van der Waals surface area contributed by atoms with Crippen LogP contribution >= 0.6 is 0 Å². The molecule has 8 nitrogen and oxygen atoms in total. The van der Waals surface area contributed by atoms with Gasteiger partial charge in [0.15, 0.2) is 6.10 Å². The predicted octanol–water partition coefficient (Wildman–Crippen LogP) is 2.40. The van der Waals surface area contributed by atoms with Crippen molar-refractivity contribution in [2.75, 3.05) is 0 Å². The summed E-state index contributed by atoms with van der Waals surface area (Å²) in [6, 6.07) is 14.7. The van der Waals surface area contributed by atoms with Crippen LogP contribution in [0.25, 0.3) is 5.69 Å². The number of ether oxygens (including phenoxy) is 1. The first-order chi connectivity index (χ1) is 14.1. The van der Waals surface area contributed by atoms with Gasteiger partial charge < -0.3 is 10.1 Å². The van der Waals surface area contributed by atoms with E-state index in [-0.39, 0.29) is 11.9 Å². The first kappa shape index (κ1) is 18.8. The Morgan fingerprint density at radius 1 is 1.17 bits per heavy atom. The van der Waals surface area contributed by atoms with E-state index >= 15 is 0 Å². The summed E-state index contributed by atoms with van der Waals surface area (Å²) in [5.74, 6) is -0.856. The average molecular weight is 391 g/mol. The second kappa shape index (κ2) is 8.22. The number of esters is 1. The quantitative estimate of drug-likeness (QED) is 0.671. The van der Waals surface area contributed by atoms with Crippen molar-refractivity contribution in [3.8, 4) is 5.69 Å². The minimum absolute atomic E-state index is 0.0517. The Labute approximate surface area is 167 Å². The monoisotopic (exact) mass is 391 g/mol. The van der Waals surface area contributed by atoms with E-state index in [2.05, 4.69) is 26.9 Å². The van der Waals surface area contributed by atoms with Gasteiger partial charge in [-0.2, -0.15) is 0 Å². The highest BCUT2D eigenvalue weighted by atomic mass is 16.5. The zero-order valence-electron chi connectivity index (χ0n) is 16.0. The van der Waals surface area contributed by atoms with Crippen LogP contribution < -0.4 is 5.32 Å². The summed E-state index contributed by atoms with van der Waals surface area (Å²) in [5, 5.41) is 14.0. The minimum atomic E-state index is -0.893. The first-order valence-corrected chi connectivity index (χ1v) is 9.54. The van der Waals surface area contributed by atoms with Crippen molar-refractivity contribution in [2.45, 2.75) is 38.3 Å². The number of aryl methyl sites for hydroxylation is 1. The van der Waals surface area contributed by atoms with Gasteiger partial charge in [0.1, 0.15) is 6.33 Å². The molecule has 0 unspecified atom stereocenters. The number of nitrogens with one attached hydrogen (secondary N) is 1. The molecule has 1 amide bonds. The number of tetrazole rings is 1. The molecule has 0 saturated heterocycles. The van der Waals surface area contributed by atoms with E-state index in [4.69, 9.17) is 4.74 Å². The Morgan fingerprint density at radius 3 is 2.72 bits per heavy atom. The van der Waals surface area contributed by atoms with E-state index in [1.807, 2.05) is 18.2 Å². The Bertz CT molecular complexity index is 1000. The zero-order valence-corrected chi connectivity index (χ0v) is 16.0. The van der Waals surface area contributed by atoms with Gasteiger partial charge in [-0.1, -0.05) is 24.3 Å². The zero-order chi connectivity index (χ0) is 20.2. The number of aromatic nitrogens is 4. The molecular weight excluding hydrogens is 370 g/mol. The molecule has 4 rings (SSSR count). The smallest absolute Gasteiger partial charge is 0.338 e. The number of fused-ring (bicyclic) bond motifs is 1. The van der Waals surface area contributed by atoms with Crippen molar-refractivity contribution < 1.29 is 14.3 Å². The molecule has 1 aliphatic rings. The van der Waals surface area contributed by atoms with Crippen molar-refractivity contribution >= 4 is 11.9 Å². The predicted molar refractivity (Wildman–Crippen MR) is 104 cm³/mol. The molecule has 0 spiro atoms. The normalized spacial score (nSPS) is 16.5. The Morgan fingerprint density at radius 2 is 1.97 bits per heavy atom. The fourth-order valence-electron chi connectivity index (χ4n) is 3.50. The molecule has 1 aliphatic carbocycles. The van der Waals surface area contributed by atoms with Crippen molar-refractivity contribution in [1.82, 2.24) is 25.5 Å². The summed E-state index contributed by atoms with van der Waals surface area (Å²) in [5.41, 5.74) is 3.47. The maximum Gasteiger partial charge on any atom is 0.338 e. The Hall–Kier alpha value is -3.55. The topological polar surface area (TPSA) is 99.0 Å². The van der Waals surface area contributed by atoms with E-state index < -0.39 is 12.1 Å². The number of hydrogen-bond donors (Lipinski definition) is 1. The molecule has 2 atom stereocenters. The number of amides is 1. The van der Waals surface area contributed by atoms with E-state index in [1.165, 1.54) is 16.6 Å². The third kappa shape index (κ3) is 4.16. The summed E-state index contributed by atoms with van der Waals surface area (Å²) in [6.07, 6.45) is 3.48. The van der Waals surface area contributed by atoms with Crippen molar-refractivity contribution in [3.05, 3.63) is 71.5 Å². The summed E-state index contributed by atoms with van der Waals surface area (Å²) < 4.78 is 6.84. The molecule has 3 aromatic rings. The van der Waals surface area contributed by atoms with Crippen LogP contribution in [0.4, 0.5) is 0 Å². The summed E-state index contributed by atoms with van der Waals surface area (Å²) >= 11 is 0. The van der Waals surface area contributed by atoms with Gasteiger partial charge in [-0.15, -0.1) is 5.10 Å². The third-order valence-electron chi connectivity index (χ3n) is 5.06. The van der Waals surface area contributed by atoms with Gasteiger partial charge in [0, 0.05) is 0 Å². The molecule has 8 heteroatoms. The SMILES string of the molecule is C[C@H](OC(=O)c1ccc(-n2cnnn2)cc1)C(=O)N[C@H]1CCCc2ccccc21. The van der Waals surface area contributed by atoms with Crippen LogP contribution in [0.3, 0.4) is 0 Å². The van der Waals surface area contributed by atoms with E-state index in [1.54, 1.807) is 31.2 Å². The molecule has 1 heterocycles. The van der Waals surface area contributed by atoms with Gasteiger partial charge in [0.05, 0.1) is 17.3 Å². The second-order valence-corrected chi connectivity index (χ2v) is 7.00. The largest absolute Gasteiger partial charge is 0.449 e. The number of nitrogens with zero attached hydrogens (tertiary/aromatic N) is 4. The molecule has 29 heavy (non-hydrogen) atoms. The van der Waals surface area contributed by atoms with Crippen molar-refractivity contribution in [1.29, 1.82) is 0 Å². The van der Waals surface area contributed by atoms with Gasteiger partial charge in [-0.3, -0.25) is 4.79 Å². The summed E-state index contributed by atoms with van der Waals surface area (Å²) in [6.45, 7) is 1.58. The maximum absolute atomic E-state index is 12.6. The molecule has 0 aliphatic heterocycles. The highest BCUT2D eigenvalue weighted by molar-refractivity contribution is 5.92. The minimum Gasteiger partial charge on any atom is -0.449 e. The summed E-state index contributed by atoms with van der Waals surface area (Å²) in [4.78, 5) is 25.0.